The minimum absolute atomic E-state index is 0.163. The molecular weight excluding hydrogens is 412 g/mol. The molecule has 7 heteroatoms. The van der Waals surface area contributed by atoms with Gasteiger partial charge in [0.25, 0.3) is 5.56 Å². The first-order valence-electron chi connectivity index (χ1n) is 10.2. The molecule has 3 aromatic rings. The van der Waals surface area contributed by atoms with Crippen LogP contribution < -0.4 is 10.3 Å². The third kappa shape index (κ3) is 4.79. The Morgan fingerprint density at radius 3 is 2.42 bits per heavy atom. The van der Waals surface area contributed by atoms with E-state index in [1.165, 1.54) is 6.07 Å². The maximum absolute atomic E-state index is 12.9. The lowest BCUT2D eigenvalue weighted by molar-refractivity contribution is 0.0549. The largest absolute Gasteiger partial charge is 0.375 e. The van der Waals surface area contributed by atoms with Crippen molar-refractivity contribution in [2.45, 2.75) is 31.0 Å². The fourth-order valence-electron chi connectivity index (χ4n) is 4.42. The number of rotatable bonds is 6. The summed E-state index contributed by atoms with van der Waals surface area (Å²) < 4.78 is 34.2. The number of aromatic nitrogens is 1. The van der Waals surface area contributed by atoms with E-state index in [2.05, 4.69) is 22.9 Å². The number of nitrogens with zero attached hydrogens (tertiary/aromatic N) is 1. The van der Waals surface area contributed by atoms with Crippen LogP contribution in [0.1, 0.15) is 29.8 Å². The van der Waals surface area contributed by atoms with Gasteiger partial charge in [0.05, 0.1) is 24.1 Å². The Bertz CT molecular complexity index is 1220. The number of nitrogens with one attached hydrogen (secondary N) is 1. The molecule has 6 nitrogen and oxygen atoms in total. The molecule has 2 aromatic carbocycles. The molecule has 1 aliphatic heterocycles. The zero-order valence-corrected chi connectivity index (χ0v) is 18.4. The third-order valence-corrected chi connectivity index (χ3v) is 6.48. The van der Waals surface area contributed by atoms with Crippen LogP contribution in [0.4, 0.5) is 0 Å². The van der Waals surface area contributed by atoms with E-state index in [9.17, 15) is 13.2 Å². The summed E-state index contributed by atoms with van der Waals surface area (Å²) >= 11 is 0. The van der Waals surface area contributed by atoms with E-state index in [4.69, 9.17) is 4.74 Å². The molecule has 0 spiro atoms. The van der Waals surface area contributed by atoms with Gasteiger partial charge in [-0.1, -0.05) is 60.7 Å². The molecule has 0 amide bonds. The summed E-state index contributed by atoms with van der Waals surface area (Å²) in [6, 6.07) is 22.5. The average molecular weight is 439 g/mol. The average Bonchev–Trinajstić information content (AvgIpc) is 2.75. The lowest BCUT2D eigenvalue weighted by Gasteiger charge is -2.39. The molecule has 3 atom stereocenters. The number of ether oxygens (including phenoxy) is 1. The van der Waals surface area contributed by atoms with E-state index >= 15 is 0 Å². The second-order valence-corrected chi connectivity index (χ2v) is 9.73. The molecule has 31 heavy (non-hydrogen) atoms. The van der Waals surface area contributed by atoms with Crippen LogP contribution in [0.15, 0.2) is 77.6 Å². The molecule has 0 aliphatic carbocycles. The van der Waals surface area contributed by atoms with Gasteiger partial charge in [-0.3, -0.25) is 4.79 Å². The van der Waals surface area contributed by atoms with Crippen molar-refractivity contribution in [1.29, 1.82) is 0 Å². The summed E-state index contributed by atoms with van der Waals surface area (Å²) in [5.74, 6) is 0. The highest BCUT2D eigenvalue weighted by Gasteiger charge is 2.37. The topological polar surface area (TPSA) is 77.4 Å². The summed E-state index contributed by atoms with van der Waals surface area (Å²) in [5.41, 5.74) is 3.83. The fourth-order valence-corrected chi connectivity index (χ4v) is 5.23. The zero-order valence-electron chi connectivity index (χ0n) is 17.6. The van der Waals surface area contributed by atoms with Crippen LogP contribution in [-0.2, 0) is 21.2 Å². The molecule has 0 radical (unpaired) electrons. The van der Waals surface area contributed by atoms with Crippen molar-refractivity contribution in [3.63, 3.8) is 0 Å². The van der Waals surface area contributed by atoms with Crippen molar-refractivity contribution in [2.75, 3.05) is 13.4 Å². The van der Waals surface area contributed by atoms with Crippen molar-refractivity contribution in [3.05, 3.63) is 94.4 Å². The van der Waals surface area contributed by atoms with Crippen LogP contribution >= 0.6 is 0 Å². The molecule has 2 heterocycles. The number of hydrogen-bond acceptors (Lipinski definition) is 4. The van der Waals surface area contributed by atoms with E-state index in [0.29, 0.717) is 12.8 Å². The number of sulfonamides is 1. The summed E-state index contributed by atoms with van der Waals surface area (Å²) in [5, 5.41) is 0. The number of benzene rings is 2. The Morgan fingerprint density at radius 2 is 1.71 bits per heavy atom. The number of pyridine rings is 1. The van der Waals surface area contributed by atoms with E-state index in [1.807, 2.05) is 42.5 Å². The molecule has 0 saturated heterocycles. The van der Waals surface area contributed by atoms with Gasteiger partial charge in [0.1, 0.15) is 0 Å². The molecular formula is C24H26N2O4S. The van der Waals surface area contributed by atoms with Crippen LogP contribution in [0.25, 0.3) is 11.1 Å². The van der Waals surface area contributed by atoms with Gasteiger partial charge in [-0.05, 0) is 35.6 Å². The zero-order chi connectivity index (χ0) is 22.0. The third-order valence-electron chi connectivity index (χ3n) is 5.74. The second-order valence-electron chi connectivity index (χ2n) is 7.95. The van der Waals surface area contributed by atoms with E-state index < -0.39 is 16.1 Å². The molecule has 1 aliphatic rings. The van der Waals surface area contributed by atoms with Gasteiger partial charge in [0.15, 0.2) is 0 Å². The highest BCUT2D eigenvalue weighted by atomic mass is 32.2. The van der Waals surface area contributed by atoms with Crippen LogP contribution in [0, 0.1) is 0 Å². The van der Waals surface area contributed by atoms with Gasteiger partial charge in [0.2, 0.25) is 10.0 Å². The summed E-state index contributed by atoms with van der Waals surface area (Å²) in [7, 11) is -1.89. The maximum Gasteiger partial charge on any atom is 0.251 e. The van der Waals surface area contributed by atoms with Gasteiger partial charge in [-0.2, -0.15) is 0 Å². The lowest BCUT2D eigenvalue weighted by Crippen LogP contribution is -2.49. The normalized spacial score (nSPS) is 20.9. The van der Waals surface area contributed by atoms with Crippen LogP contribution in [0.2, 0.25) is 0 Å². The van der Waals surface area contributed by atoms with Crippen molar-refractivity contribution < 1.29 is 13.2 Å². The SMILES string of the molecule is COC1CC(NS(C)(=O)=O)C(Cc2cccc(-c3ccccc3)c2)n2c1cccc2=O. The van der Waals surface area contributed by atoms with E-state index in [1.54, 1.807) is 17.7 Å². The highest BCUT2D eigenvalue weighted by Crippen LogP contribution is 2.35. The molecule has 1 aromatic heterocycles. The Balaban J connectivity index is 1.76. The number of hydrogen-bond donors (Lipinski definition) is 1. The first-order chi connectivity index (χ1) is 14.9. The molecule has 3 unspecified atom stereocenters. The van der Waals surface area contributed by atoms with Gasteiger partial charge < -0.3 is 9.30 Å². The first kappa shape index (κ1) is 21.5. The fraction of sp³-hybridized carbons (Fsp3) is 0.292. The Morgan fingerprint density at radius 1 is 1.00 bits per heavy atom. The van der Waals surface area contributed by atoms with Crippen molar-refractivity contribution >= 4 is 10.0 Å². The number of fused-ring (bicyclic) bond motifs is 1. The Hall–Kier alpha value is -2.74. The van der Waals surface area contributed by atoms with E-state index in [-0.39, 0.29) is 17.7 Å². The van der Waals surface area contributed by atoms with Gasteiger partial charge in [-0.15, -0.1) is 0 Å². The standard InChI is InChI=1S/C24H26N2O4S/c1-30-23-16-20(25-31(2,28)29)22(26-21(23)12-7-13-24(26)27)15-17-8-6-11-19(14-17)18-9-4-3-5-10-18/h3-14,20,22-23,25H,15-16H2,1-2H3. The maximum atomic E-state index is 12.9. The van der Waals surface area contributed by atoms with Crippen molar-refractivity contribution in [2.24, 2.45) is 0 Å². The molecule has 162 valence electrons. The highest BCUT2D eigenvalue weighted by molar-refractivity contribution is 7.88. The molecule has 1 N–H and O–H groups in total. The molecule has 0 bridgehead atoms. The minimum Gasteiger partial charge on any atom is -0.375 e. The van der Waals surface area contributed by atoms with Gasteiger partial charge in [-0.25, -0.2) is 13.1 Å². The van der Waals surface area contributed by atoms with Gasteiger partial charge >= 0.3 is 0 Å². The van der Waals surface area contributed by atoms with Gasteiger partial charge in [0, 0.05) is 19.2 Å². The predicted octanol–water partition coefficient (Wildman–Crippen LogP) is 3.31. The van der Waals surface area contributed by atoms with Crippen molar-refractivity contribution in [1.82, 2.24) is 9.29 Å². The molecule has 0 saturated carbocycles. The smallest absolute Gasteiger partial charge is 0.251 e. The van der Waals surface area contributed by atoms with Crippen molar-refractivity contribution in [3.8, 4) is 11.1 Å². The quantitative estimate of drug-likeness (QED) is 0.641. The summed E-state index contributed by atoms with van der Waals surface area (Å²) in [6.07, 6.45) is 1.75. The van der Waals surface area contributed by atoms with E-state index in [0.717, 1.165) is 28.6 Å². The van der Waals surface area contributed by atoms with Crippen LogP contribution in [0.5, 0.6) is 0 Å². The van der Waals surface area contributed by atoms with Crippen LogP contribution in [-0.4, -0.2) is 32.4 Å². The lowest BCUT2D eigenvalue weighted by atomic mass is 9.89. The Labute approximate surface area is 182 Å². The monoisotopic (exact) mass is 438 g/mol. The second kappa shape index (κ2) is 8.78. The number of methoxy groups -OCH3 is 1. The predicted molar refractivity (Wildman–Crippen MR) is 121 cm³/mol. The Kier molecular flexibility index (Phi) is 6.09. The molecule has 0 fully saturated rings. The first-order valence-corrected chi connectivity index (χ1v) is 12.1. The molecule has 4 rings (SSSR count). The minimum atomic E-state index is -3.47. The van der Waals surface area contributed by atoms with Crippen LogP contribution in [0.3, 0.4) is 0 Å². The summed E-state index contributed by atoms with van der Waals surface area (Å²) in [4.78, 5) is 12.9. The summed E-state index contributed by atoms with van der Waals surface area (Å²) in [6.45, 7) is 0.